The van der Waals surface area contributed by atoms with Crippen LogP contribution in [0.25, 0.3) is 17.2 Å². The van der Waals surface area contributed by atoms with Crippen LogP contribution in [0.5, 0.6) is 11.5 Å². The van der Waals surface area contributed by atoms with Crippen LogP contribution in [0.1, 0.15) is 23.1 Å². The van der Waals surface area contributed by atoms with Crippen molar-refractivity contribution in [3.8, 4) is 22.6 Å². The maximum absolute atomic E-state index is 11.6. The second-order valence-corrected chi connectivity index (χ2v) is 7.50. The average molecular weight is 385 g/mol. The van der Waals surface area contributed by atoms with Gasteiger partial charge in [-0.15, -0.1) is 0 Å². The third-order valence-corrected chi connectivity index (χ3v) is 5.50. The normalized spacial score (nSPS) is 18.0. The summed E-state index contributed by atoms with van der Waals surface area (Å²) in [5.74, 6) is 0.453. The topological polar surface area (TPSA) is 72.5 Å². The summed E-state index contributed by atoms with van der Waals surface area (Å²) in [5, 5.41) is 9.47. The number of aliphatic carboxylic acids is 1. The van der Waals surface area contributed by atoms with Gasteiger partial charge in [0.05, 0.1) is 0 Å². The highest BCUT2D eigenvalue weighted by molar-refractivity contribution is 5.79. The van der Waals surface area contributed by atoms with Crippen molar-refractivity contribution in [2.75, 3.05) is 0 Å². The highest BCUT2D eigenvalue weighted by Gasteiger charge is 2.37. The molecule has 4 nitrogen and oxygen atoms in total. The predicted octanol–water partition coefficient (Wildman–Crippen LogP) is 5.06. The van der Waals surface area contributed by atoms with E-state index in [4.69, 9.17) is 10.5 Å². The second kappa shape index (κ2) is 7.57. The van der Waals surface area contributed by atoms with Gasteiger partial charge in [0.2, 0.25) is 0 Å². The van der Waals surface area contributed by atoms with Crippen LogP contribution in [0.4, 0.5) is 0 Å². The summed E-state index contributed by atoms with van der Waals surface area (Å²) in [6.45, 7) is 3.84. The Labute approximate surface area is 170 Å². The van der Waals surface area contributed by atoms with Gasteiger partial charge in [-0.1, -0.05) is 55.1 Å². The third kappa shape index (κ3) is 3.80. The van der Waals surface area contributed by atoms with Crippen molar-refractivity contribution < 1.29 is 14.6 Å². The number of hydrogen-bond acceptors (Lipinski definition) is 3. The van der Waals surface area contributed by atoms with Crippen molar-refractivity contribution in [2.45, 2.75) is 24.8 Å². The lowest BCUT2D eigenvalue weighted by Crippen LogP contribution is -2.52. The van der Waals surface area contributed by atoms with Crippen molar-refractivity contribution in [3.63, 3.8) is 0 Å². The SMILES string of the molecule is C=Cc1cccc(-c2ccccc2Oc2ccc3c(c2)CC(N)(C(=O)O)CC3)c1. The molecule has 3 N–H and O–H groups in total. The summed E-state index contributed by atoms with van der Waals surface area (Å²) in [6.07, 6.45) is 3.22. The maximum atomic E-state index is 11.6. The molecule has 29 heavy (non-hydrogen) atoms. The Bertz CT molecular complexity index is 1090. The van der Waals surface area contributed by atoms with Gasteiger partial charge in [0.1, 0.15) is 17.0 Å². The lowest BCUT2D eigenvalue weighted by atomic mass is 9.78. The molecule has 0 saturated heterocycles. The van der Waals surface area contributed by atoms with E-state index in [1.54, 1.807) is 0 Å². The molecule has 1 aliphatic carbocycles. The first-order valence-corrected chi connectivity index (χ1v) is 9.62. The fraction of sp³-hybridized carbons (Fsp3) is 0.160. The first kappa shape index (κ1) is 19.0. The summed E-state index contributed by atoms with van der Waals surface area (Å²) < 4.78 is 6.22. The smallest absolute Gasteiger partial charge is 0.324 e. The number of carboxylic acid groups (broad SMARTS) is 1. The molecule has 3 aromatic rings. The summed E-state index contributed by atoms with van der Waals surface area (Å²) in [4.78, 5) is 11.6. The van der Waals surface area contributed by atoms with Gasteiger partial charge in [-0.05, 0) is 59.4 Å². The number of fused-ring (bicyclic) bond motifs is 1. The molecule has 0 bridgehead atoms. The zero-order valence-corrected chi connectivity index (χ0v) is 16.1. The Morgan fingerprint density at radius 3 is 2.69 bits per heavy atom. The Hall–Kier alpha value is -3.37. The number of aryl methyl sites for hydroxylation is 1. The van der Waals surface area contributed by atoms with Crippen LogP contribution in [0.2, 0.25) is 0 Å². The summed E-state index contributed by atoms with van der Waals surface area (Å²) in [7, 11) is 0. The molecule has 0 aliphatic heterocycles. The third-order valence-electron chi connectivity index (χ3n) is 5.50. The largest absolute Gasteiger partial charge is 0.480 e. The lowest BCUT2D eigenvalue weighted by molar-refractivity contribution is -0.143. The molecule has 0 radical (unpaired) electrons. The Balaban J connectivity index is 1.66. The van der Waals surface area contributed by atoms with E-state index in [1.165, 1.54) is 0 Å². The predicted molar refractivity (Wildman–Crippen MR) is 115 cm³/mol. The molecule has 0 saturated carbocycles. The molecular weight excluding hydrogens is 362 g/mol. The van der Waals surface area contributed by atoms with Gasteiger partial charge in [-0.3, -0.25) is 4.79 Å². The van der Waals surface area contributed by atoms with Crippen molar-refractivity contribution in [2.24, 2.45) is 5.73 Å². The van der Waals surface area contributed by atoms with Crippen molar-refractivity contribution >= 4 is 12.0 Å². The zero-order chi connectivity index (χ0) is 20.4. The molecule has 0 fully saturated rings. The van der Waals surface area contributed by atoms with E-state index in [2.05, 4.69) is 12.6 Å². The molecule has 4 heteroatoms. The highest BCUT2D eigenvalue weighted by Crippen LogP contribution is 2.36. The Morgan fingerprint density at radius 1 is 1.07 bits per heavy atom. The molecule has 0 spiro atoms. The second-order valence-electron chi connectivity index (χ2n) is 7.50. The average Bonchev–Trinajstić information content (AvgIpc) is 2.74. The molecule has 0 heterocycles. The number of ether oxygens (including phenoxy) is 1. The minimum Gasteiger partial charge on any atom is -0.480 e. The van der Waals surface area contributed by atoms with Gasteiger partial charge in [0.25, 0.3) is 0 Å². The van der Waals surface area contributed by atoms with Crippen molar-refractivity contribution in [1.29, 1.82) is 0 Å². The number of carboxylic acids is 1. The number of hydrogen-bond donors (Lipinski definition) is 2. The zero-order valence-electron chi connectivity index (χ0n) is 16.1. The molecule has 0 aromatic heterocycles. The molecule has 146 valence electrons. The molecule has 0 amide bonds. The van der Waals surface area contributed by atoms with Crippen LogP contribution in [0.15, 0.2) is 73.3 Å². The lowest BCUT2D eigenvalue weighted by Gasteiger charge is -2.31. The first-order valence-electron chi connectivity index (χ1n) is 9.62. The highest BCUT2D eigenvalue weighted by atomic mass is 16.5. The van der Waals surface area contributed by atoms with Crippen molar-refractivity contribution in [1.82, 2.24) is 0 Å². The molecule has 4 rings (SSSR count). The quantitative estimate of drug-likeness (QED) is 0.644. The van der Waals surface area contributed by atoms with E-state index in [1.807, 2.05) is 66.7 Å². The van der Waals surface area contributed by atoms with E-state index in [9.17, 15) is 9.90 Å². The minimum atomic E-state index is -1.21. The van der Waals surface area contributed by atoms with Crippen LogP contribution in [-0.2, 0) is 17.6 Å². The number of rotatable bonds is 5. The van der Waals surface area contributed by atoms with Crippen LogP contribution in [-0.4, -0.2) is 16.6 Å². The summed E-state index contributed by atoms with van der Waals surface area (Å²) >= 11 is 0. The fourth-order valence-electron chi connectivity index (χ4n) is 3.80. The summed E-state index contributed by atoms with van der Waals surface area (Å²) in [5.41, 5.74) is 10.0. The van der Waals surface area contributed by atoms with Gasteiger partial charge in [0.15, 0.2) is 0 Å². The monoisotopic (exact) mass is 385 g/mol. The van der Waals surface area contributed by atoms with Gasteiger partial charge >= 0.3 is 5.97 Å². The van der Waals surface area contributed by atoms with Crippen LogP contribution < -0.4 is 10.5 Å². The standard InChI is InChI=1S/C25H23NO3/c1-2-17-6-5-7-19(14-17)22-8-3-4-9-23(22)29-21-11-10-18-12-13-25(26,24(27)28)16-20(18)15-21/h2-11,14-15H,1,12-13,16,26H2,(H,27,28). The van der Waals surface area contributed by atoms with E-state index in [-0.39, 0.29) is 0 Å². The van der Waals surface area contributed by atoms with Gasteiger partial charge in [-0.25, -0.2) is 0 Å². The molecule has 1 atom stereocenters. The maximum Gasteiger partial charge on any atom is 0.324 e. The number of carbonyl (C=O) groups is 1. The van der Waals surface area contributed by atoms with Gasteiger partial charge in [0, 0.05) is 12.0 Å². The molecule has 1 unspecified atom stereocenters. The Kier molecular flexibility index (Phi) is 4.95. The van der Waals surface area contributed by atoms with Crippen LogP contribution in [0.3, 0.4) is 0 Å². The van der Waals surface area contributed by atoms with Crippen LogP contribution >= 0.6 is 0 Å². The van der Waals surface area contributed by atoms with E-state index >= 15 is 0 Å². The minimum absolute atomic E-state index is 0.303. The fourth-order valence-corrected chi connectivity index (χ4v) is 3.80. The molecule has 3 aromatic carbocycles. The summed E-state index contributed by atoms with van der Waals surface area (Å²) in [6, 6.07) is 21.8. The number of benzene rings is 3. The molecule has 1 aliphatic rings. The van der Waals surface area contributed by atoms with E-state index in [0.29, 0.717) is 25.0 Å². The van der Waals surface area contributed by atoms with Crippen molar-refractivity contribution in [3.05, 3.63) is 90.0 Å². The van der Waals surface area contributed by atoms with E-state index < -0.39 is 11.5 Å². The van der Waals surface area contributed by atoms with E-state index in [0.717, 1.165) is 33.6 Å². The first-order chi connectivity index (χ1) is 14.0. The van der Waals surface area contributed by atoms with Gasteiger partial charge in [-0.2, -0.15) is 0 Å². The Morgan fingerprint density at radius 2 is 1.90 bits per heavy atom. The molecular formula is C25H23NO3. The number of nitrogens with two attached hydrogens (primary N) is 1. The van der Waals surface area contributed by atoms with Gasteiger partial charge < -0.3 is 15.6 Å². The van der Waals surface area contributed by atoms with Crippen LogP contribution in [0, 0.1) is 0 Å². The number of para-hydroxylation sites is 1.